The van der Waals surface area contributed by atoms with E-state index >= 15 is 0 Å². The summed E-state index contributed by atoms with van der Waals surface area (Å²) in [5.41, 5.74) is 0.855. The van der Waals surface area contributed by atoms with E-state index in [2.05, 4.69) is 11.9 Å². The Morgan fingerprint density at radius 3 is 3.00 bits per heavy atom. The molecule has 1 heterocycles. The SMILES string of the molecule is CCCn1cnc(CC(C)C(=O)O)c1. The molecule has 0 aliphatic rings. The molecule has 1 aromatic rings. The number of imidazole rings is 1. The number of aliphatic carboxylic acids is 1. The van der Waals surface area contributed by atoms with Crippen LogP contribution in [-0.4, -0.2) is 20.6 Å². The average Bonchev–Trinajstić information content (AvgIpc) is 2.53. The number of carboxylic acids is 1. The maximum atomic E-state index is 10.6. The number of hydrogen-bond acceptors (Lipinski definition) is 2. The molecule has 0 amide bonds. The van der Waals surface area contributed by atoms with Gasteiger partial charge in [0.1, 0.15) is 0 Å². The van der Waals surface area contributed by atoms with Crippen LogP contribution in [-0.2, 0) is 17.8 Å². The third-order valence-corrected chi connectivity index (χ3v) is 2.11. The van der Waals surface area contributed by atoms with Gasteiger partial charge in [0.05, 0.1) is 17.9 Å². The number of rotatable bonds is 5. The van der Waals surface area contributed by atoms with Crippen LogP contribution in [0.5, 0.6) is 0 Å². The summed E-state index contributed by atoms with van der Waals surface area (Å²) in [6, 6.07) is 0. The van der Waals surface area contributed by atoms with Crippen LogP contribution < -0.4 is 0 Å². The van der Waals surface area contributed by atoms with Crippen molar-refractivity contribution < 1.29 is 9.90 Å². The first-order valence-corrected chi connectivity index (χ1v) is 4.87. The lowest BCUT2D eigenvalue weighted by atomic mass is 10.1. The highest BCUT2D eigenvalue weighted by molar-refractivity contribution is 5.69. The molecule has 78 valence electrons. The fourth-order valence-corrected chi connectivity index (χ4v) is 1.29. The van der Waals surface area contributed by atoms with Gasteiger partial charge in [-0.1, -0.05) is 13.8 Å². The number of carboxylic acid groups (broad SMARTS) is 1. The maximum Gasteiger partial charge on any atom is 0.306 e. The van der Waals surface area contributed by atoms with Crippen molar-refractivity contribution in [3.8, 4) is 0 Å². The molecule has 1 N–H and O–H groups in total. The molecule has 0 aliphatic carbocycles. The van der Waals surface area contributed by atoms with Crippen LogP contribution in [0.1, 0.15) is 26.0 Å². The van der Waals surface area contributed by atoms with Gasteiger partial charge in [0.2, 0.25) is 0 Å². The third kappa shape index (κ3) is 2.87. The molecule has 1 aromatic heterocycles. The molecule has 4 nitrogen and oxygen atoms in total. The molecule has 1 unspecified atom stereocenters. The van der Waals surface area contributed by atoms with Crippen LogP contribution in [0.3, 0.4) is 0 Å². The third-order valence-electron chi connectivity index (χ3n) is 2.11. The Morgan fingerprint density at radius 1 is 1.71 bits per heavy atom. The van der Waals surface area contributed by atoms with E-state index in [-0.39, 0.29) is 5.92 Å². The van der Waals surface area contributed by atoms with E-state index in [4.69, 9.17) is 5.11 Å². The monoisotopic (exact) mass is 196 g/mol. The molecule has 0 spiro atoms. The quantitative estimate of drug-likeness (QED) is 0.777. The number of hydrogen-bond donors (Lipinski definition) is 1. The van der Waals surface area contributed by atoms with Gasteiger partial charge in [0, 0.05) is 19.2 Å². The van der Waals surface area contributed by atoms with E-state index in [0.29, 0.717) is 6.42 Å². The van der Waals surface area contributed by atoms with E-state index in [1.807, 2.05) is 10.8 Å². The van der Waals surface area contributed by atoms with Gasteiger partial charge in [-0.25, -0.2) is 4.98 Å². The molecule has 1 atom stereocenters. The Kier molecular flexibility index (Phi) is 3.68. The van der Waals surface area contributed by atoms with Crippen molar-refractivity contribution in [3.05, 3.63) is 18.2 Å². The summed E-state index contributed by atoms with van der Waals surface area (Å²) in [5, 5.41) is 8.72. The smallest absolute Gasteiger partial charge is 0.306 e. The summed E-state index contributed by atoms with van der Waals surface area (Å²) >= 11 is 0. The number of nitrogens with zero attached hydrogens (tertiary/aromatic N) is 2. The molecule has 0 saturated heterocycles. The predicted octanol–water partition coefficient (Wildman–Crippen LogP) is 1.56. The van der Waals surface area contributed by atoms with Crippen molar-refractivity contribution in [1.29, 1.82) is 0 Å². The fraction of sp³-hybridized carbons (Fsp3) is 0.600. The van der Waals surface area contributed by atoms with Crippen molar-refractivity contribution in [1.82, 2.24) is 9.55 Å². The average molecular weight is 196 g/mol. The molecular formula is C10H16N2O2. The van der Waals surface area contributed by atoms with Crippen LogP contribution in [0, 0.1) is 5.92 Å². The zero-order valence-corrected chi connectivity index (χ0v) is 8.60. The van der Waals surface area contributed by atoms with Crippen molar-refractivity contribution in [2.24, 2.45) is 5.92 Å². The van der Waals surface area contributed by atoms with Crippen LogP contribution in [0.25, 0.3) is 0 Å². The Hall–Kier alpha value is -1.32. The molecule has 1 rings (SSSR count). The Balaban J connectivity index is 2.55. The minimum absolute atomic E-state index is 0.361. The Morgan fingerprint density at radius 2 is 2.43 bits per heavy atom. The van der Waals surface area contributed by atoms with Crippen molar-refractivity contribution in [3.63, 3.8) is 0 Å². The highest BCUT2D eigenvalue weighted by Gasteiger charge is 2.12. The van der Waals surface area contributed by atoms with Gasteiger partial charge in [-0.05, 0) is 6.42 Å². The van der Waals surface area contributed by atoms with Crippen LogP contribution in [0.15, 0.2) is 12.5 Å². The Bertz CT molecular complexity index is 307. The summed E-state index contributed by atoms with van der Waals surface area (Å²) in [7, 11) is 0. The molecule has 0 aliphatic heterocycles. The van der Waals surface area contributed by atoms with Gasteiger partial charge in [0.25, 0.3) is 0 Å². The summed E-state index contributed by atoms with van der Waals surface area (Å²) in [6.07, 6.45) is 5.24. The summed E-state index contributed by atoms with van der Waals surface area (Å²) in [5.74, 6) is -1.13. The van der Waals surface area contributed by atoms with Gasteiger partial charge in [-0.15, -0.1) is 0 Å². The molecule has 0 radical (unpaired) electrons. The van der Waals surface area contributed by atoms with Gasteiger partial charge >= 0.3 is 5.97 Å². The summed E-state index contributed by atoms with van der Waals surface area (Å²) < 4.78 is 1.99. The second-order valence-electron chi connectivity index (χ2n) is 3.55. The topological polar surface area (TPSA) is 55.1 Å². The molecular weight excluding hydrogens is 180 g/mol. The van der Waals surface area contributed by atoms with Crippen molar-refractivity contribution in [2.45, 2.75) is 33.2 Å². The highest BCUT2D eigenvalue weighted by Crippen LogP contribution is 2.06. The maximum absolute atomic E-state index is 10.6. The lowest BCUT2D eigenvalue weighted by molar-refractivity contribution is -0.141. The number of aromatic nitrogens is 2. The molecule has 0 saturated carbocycles. The van der Waals surface area contributed by atoms with E-state index < -0.39 is 5.97 Å². The van der Waals surface area contributed by atoms with E-state index in [1.165, 1.54) is 0 Å². The van der Waals surface area contributed by atoms with Gasteiger partial charge in [-0.3, -0.25) is 4.79 Å². The second-order valence-corrected chi connectivity index (χ2v) is 3.55. The van der Waals surface area contributed by atoms with Gasteiger partial charge in [-0.2, -0.15) is 0 Å². The predicted molar refractivity (Wildman–Crippen MR) is 53.0 cm³/mol. The first-order valence-electron chi connectivity index (χ1n) is 4.87. The minimum atomic E-state index is -0.768. The molecule has 0 fully saturated rings. The number of aryl methyl sites for hydroxylation is 1. The second kappa shape index (κ2) is 4.79. The lowest BCUT2D eigenvalue weighted by Crippen LogP contribution is -2.12. The first-order chi connectivity index (χ1) is 6.63. The first kappa shape index (κ1) is 10.8. The molecule has 0 aromatic carbocycles. The van der Waals surface area contributed by atoms with Crippen LogP contribution in [0.2, 0.25) is 0 Å². The minimum Gasteiger partial charge on any atom is -0.481 e. The zero-order valence-electron chi connectivity index (χ0n) is 8.60. The lowest BCUT2D eigenvalue weighted by Gasteiger charge is -2.01. The number of carbonyl (C=O) groups is 1. The largest absolute Gasteiger partial charge is 0.481 e. The summed E-state index contributed by atoms with van der Waals surface area (Å²) in [6.45, 7) is 4.73. The highest BCUT2D eigenvalue weighted by atomic mass is 16.4. The molecule has 14 heavy (non-hydrogen) atoms. The van der Waals surface area contributed by atoms with Gasteiger partial charge in [0.15, 0.2) is 0 Å². The van der Waals surface area contributed by atoms with Crippen molar-refractivity contribution in [2.75, 3.05) is 0 Å². The van der Waals surface area contributed by atoms with E-state index in [9.17, 15) is 4.79 Å². The normalized spacial score (nSPS) is 12.7. The van der Waals surface area contributed by atoms with Crippen LogP contribution in [0.4, 0.5) is 0 Å². The molecule has 0 bridgehead atoms. The zero-order chi connectivity index (χ0) is 10.6. The van der Waals surface area contributed by atoms with E-state index in [0.717, 1.165) is 18.7 Å². The van der Waals surface area contributed by atoms with Gasteiger partial charge < -0.3 is 9.67 Å². The van der Waals surface area contributed by atoms with E-state index in [1.54, 1.807) is 13.3 Å². The molecule has 4 heteroatoms. The summed E-state index contributed by atoms with van der Waals surface area (Å²) in [4.78, 5) is 14.8. The standard InChI is InChI=1S/C10H16N2O2/c1-3-4-12-6-9(11-7-12)5-8(2)10(13)14/h6-8H,3-5H2,1-2H3,(H,13,14). The Labute approximate surface area is 83.6 Å². The van der Waals surface area contributed by atoms with Crippen molar-refractivity contribution >= 4 is 5.97 Å². The van der Waals surface area contributed by atoms with Crippen LogP contribution >= 0.6 is 0 Å². The fourth-order valence-electron chi connectivity index (χ4n) is 1.29.